The minimum atomic E-state index is -1.39. The van der Waals surface area contributed by atoms with Gasteiger partial charge in [-0.1, -0.05) is 19.3 Å². The normalized spacial score (nSPS) is 17.7. The number of nitrogens with zero attached hydrogens (tertiary/aromatic N) is 1. The molecule has 0 amide bonds. The minimum Gasteiger partial charge on any atom is -0.423 e. The van der Waals surface area contributed by atoms with E-state index in [4.69, 9.17) is 0 Å². The van der Waals surface area contributed by atoms with Gasteiger partial charge in [0.1, 0.15) is 0 Å². The van der Waals surface area contributed by atoms with Crippen molar-refractivity contribution in [3.8, 4) is 0 Å². The zero-order valence-electron chi connectivity index (χ0n) is 8.76. The quantitative estimate of drug-likeness (QED) is 0.702. The molecule has 0 atom stereocenters. The van der Waals surface area contributed by atoms with Crippen molar-refractivity contribution >= 4 is 12.6 Å². The van der Waals surface area contributed by atoms with Crippen molar-refractivity contribution in [2.24, 2.45) is 0 Å². The molecule has 15 heavy (non-hydrogen) atoms. The van der Waals surface area contributed by atoms with Gasteiger partial charge in [0.25, 0.3) is 0 Å². The SMILES string of the molecule is OB(O)c1cnccc1C1CCCCC1. The van der Waals surface area contributed by atoms with Gasteiger partial charge < -0.3 is 10.0 Å². The maximum Gasteiger partial charge on any atom is 0.490 e. The third kappa shape index (κ3) is 2.38. The summed E-state index contributed by atoms with van der Waals surface area (Å²) in [5, 5.41) is 18.5. The Morgan fingerprint density at radius 3 is 2.60 bits per heavy atom. The van der Waals surface area contributed by atoms with Crippen molar-refractivity contribution in [1.82, 2.24) is 4.98 Å². The predicted octanol–water partition coefficient (Wildman–Crippen LogP) is 0.809. The summed E-state index contributed by atoms with van der Waals surface area (Å²) in [4.78, 5) is 3.94. The van der Waals surface area contributed by atoms with E-state index >= 15 is 0 Å². The molecule has 0 saturated heterocycles. The Labute approximate surface area is 90.3 Å². The molecule has 1 aromatic rings. The summed E-state index contributed by atoms with van der Waals surface area (Å²) in [5.74, 6) is 0.485. The van der Waals surface area contributed by atoms with Gasteiger partial charge >= 0.3 is 7.12 Å². The summed E-state index contributed by atoms with van der Waals surface area (Å²) in [6.45, 7) is 0. The van der Waals surface area contributed by atoms with E-state index in [1.165, 1.54) is 19.3 Å². The van der Waals surface area contributed by atoms with Crippen molar-refractivity contribution in [2.75, 3.05) is 0 Å². The van der Waals surface area contributed by atoms with Crippen molar-refractivity contribution in [1.29, 1.82) is 0 Å². The summed E-state index contributed by atoms with van der Waals surface area (Å²) >= 11 is 0. The lowest BCUT2D eigenvalue weighted by Crippen LogP contribution is -2.34. The Bertz CT molecular complexity index is 324. The van der Waals surface area contributed by atoms with Crippen LogP contribution in [0.5, 0.6) is 0 Å². The van der Waals surface area contributed by atoms with Crippen molar-refractivity contribution in [3.63, 3.8) is 0 Å². The Morgan fingerprint density at radius 1 is 1.20 bits per heavy atom. The van der Waals surface area contributed by atoms with Gasteiger partial charge in [0.15, 0.2) is 0 Å². The molecule has 2 N–H and O–H groups in total. The fourth-order valence-corrected chi connectivity index (χ4v) is 2.42. The van der Waals surface area contributed by atoms with E-state index in [0.29, 0.717) is 11.4 Å². The first-order chi connectivity index (χ1) is 7.29. The first kappa shape index (κ1) is 10.6. The van der Waals surface area contributed by atoms with Gasteiger partial charge in [0, 0.05) is 17.9 Å². The maximum absolute atomic E-state index is 9.25. The number of pyridine rings is 1. The molecule has 1 aliphatic carbocycles. The van der Waals surface area contributed by atoms with Crippen molar-refractivity contribution in [2.45, 2.75) is 38.0 Å². The van der Waals surface area contributed by atoms with E-state index < -0.39 is 7.12 Å². The molecule has 4 heteroatoms. The number of rotatable bonds is 2. The third-order valence-corrected chi connectivity index (χ3v) is 3.21. The average Bonchev–Trinajstić information content (AvgIpc) is 2.30. The van der Waals surface area contributed by atoms with Crippen LogP contribution in [0, 0.1) is 0 Å². The molecule has 3 nitrogen and oxygen atoms in total. The lowest BCUT2D eigenvalue weighted by Gasteiger charge is -2.23. The fraction of sp³-hybridized carbons (Fsp3) is 0.545. The maximum atomic E-state index is 9.25. The summed E-state index contributed by atoms with van der Waals surface area (Å²) in [7, 11) is -1.39. The van der Waals surface area contributed by atoms with E-state index in [0.717, 1.165) is 18.4 Å². The lowest BCUT2D eigenvalue weighted by molar-refractivity contribution is 0.420. The van der Waals surface area contributed by atoms with Gasteiger partial charge in [-0.3, -0.25) is 4.98 Å². The Balaban J connectivity index is 2.25. The lowest BCUT2D eigenvalue weighted by atomic mass is 9.72. The second-order valence-electron chi connectivity index (χ2n) is 4.21. The van der Waals surface area contributed by atoms with Crippen LogP contribution in [0.25, 0.3) is 0 Å². The molecule has 1 fully saturated rings. The monoisotopic (exact) mass is 205 g/mol. The molecule has 0 radical (unpaired) electrons. The van der Waals surface area contributed by atoms with E-state index in [2.05, 4.69) is 4.98 Å². The standard InChI is InChI=1S/C11H16BNO2/c14-12(15)11-8-13-7-6-10(11)9-4-2-1-3-5-9/h6-9,14-15H,1-5H2. The molecular formula is C11H16BNO2. The van der Waals surface area contributed by atoms with Crippen molar-refractivity contribution in [3.05, 3.63) is 24.0 Å². The summed E-state index contributed by atoms with van der Waals surface area (Å²) < 4.78 is 0. The second-order valence-corrected chi connectivity index (χ2v) is 4.21. The Kier molecular flexibility index (Phi) is 3.39. The van der Waals surface area contributed by atoms with Gasteiger partial charge in [-0.2, -0.15) is 0 Å². The molecular weight excluding hydrogens is 189 g/mol. The largest absolute Gasteiger partial charge is 0.490 e. The summed E-state index contributed by atoms with van der Waals surface area (Å²) in [6, 6.07) is 1.92. The smallest absolute Gasteiger partial charge is 0.423 e. The molecule has 1 saturated carbocycles. The van der Waals surface area contributed by atoms with Gasteiger partial charge in [0.2, 0.25) is 0 Å². The molecule has 0 unspecified atom stereocenters. The predicted molar refractivity (Wildman–Crippen MR) is 59.9 cm³/mol. The average molecular weight is 205 g/mol. The van der Waals surface area contributed by atoms with Crippen LogP contribution in [0.3, 0.4) is 0 Å². The van der Waals surface area contributed by atoms with Crippen molar-refractivity contribution < 1.29 is 10.0 Å². The Hall–Kier alpha value is -0.865. The zero-order valence-corrected chi connectivity index (χ0v) is 8.76. The highest BCUT2D eigenvalue weighted by Gasteiger charge is 2.23. The molecule has 0 spiro atoms. The molecule has 0 bridgehead atoms. The van der Waals surface area contributed by atoms with Crippen LogP contribution in [0.4, 0.5) is 0 Å². The summed E-state index contributed by atoms with van der Waals surface area (Å²) in [5.41, 5.74) is 1.64. The van der Waals surface area contributed by atoms with Crippen LogP contribution in [0.15, 0.2) is 18.5 Å². The van der Waals surface area contributed by atoms with Crippen LogP contribution >= 0.6 is 0 Å². The first-order valence-corrected chi connectivity index (χ1v) is 5.59. The van der Waals surface area contributed by atoms with Gasteiger partial charge in [-0.05, 0) is 30.4 Å². The highest BCUT2D eigenvalue weighted by molar-refractivity contribution is 6.59. The van der Waals surface area contributed by atoms with Crippen LogP contribution in [0.2, 0.25) is 0 Å². The minimum absolute atomic E-state index is 0.485. The number of hydrogen-bond acceptors (Lipinski definition) is 3. The van der Waals surface area contributed by atoms with Crippen LogP contribution in [0.1, 0.15) is 43.6 Å². The first-order valence-electron chi connectivity index (χ1n) is 5.59. The molecule has 0 aliphatic heterocycles. The molecule has 1 aromatic heterocycles. The van der Waals surface area contributed by atoms with E-state index in [1.807, 2.05) is 6.07 Å². The van der Waals surface area contributed by atoms with Gasteiger partial charge in [-0.15, -0.1) is 0 Å². The van der Waals surface area contributed by atoms with Crippen LogP contribution in [-0.2, 0) is 0 Å². The van der Waals surface area contributed by atoms with Gasteiger partial charge in [0.05, 0.1) is 0 Å². The van der Waals surface area contributed by atoms with E-state index in [9.17, 15) is 10.0 Å². The molecule has 2 rings (SSSR count). The van der Waals surface area contributed by atoms with Gasteiger partial charge in [-0.25, -0.2) is 0 Å². The molecule has 1 heterocycles. The van der Waals surface area contributed by atoms with E-state index in [-0.39, 0.29) is 0 Å². The number of hydrogen-bond donors (Lipinski definition) is 2. The van der Waals surface area contributed by atoms with Crippen LogP contribution < -0.4 is 5.46 Å². The highest BCUT2D eigenvalue weighted by Crippen LogP contribution is 2.31. The number of aromatic nitrogens is 1. The second kappa shape index (κ2) is 4.77. The Morgan fingerprint density at radius 2 is 1.93 bits per heavy atom. The highest BCUT2D eigenvalue weighted by atomic mass is 16.4. The summed E-state index contributed by atoms with van der Waals surface area (Å²) in [6.07, 6.45) is 9.40. The molecule has 1 aliphatic rings. The third-order valence-electron chi connectivity index (χ3n) is 3.21. The topological polar surface area (TPSA) is 53.4 Å². The molecule has 80 valence electrons. The fourth-order valence-electron chi connectivity index (χ4n) is 2.42. The van der Waals surface area contributed by atoms with E-state index in [1.54, 1.807) is 12.4 Å². The van der Waals surface area contributed by atoms with Crippen LogP contribution in [-0.4, -0.2) is 22.2 Å². The molecule has 0 aromatic carbocycles. The zero-order chi connectivity index (χ0) is 10.7.